The number of halogens is 2. The molecule has 0 N–H and O–H groups in total. The quantitative estimate of drug-likeness (QED) is 0.172. The fourth-order valence-electron chi connectivity index (χ4n) is 3.99. The van der Waals surface area contributed by atoms with Crippen molar-refractivity contribution >= 4 is 62.9 Å². The van der Waals surface area contributed by atoms with Crippen molar-refractivity contribution in [2.75, 3.05) is 0 Å². The van der Waals surface area contributed by atoms with Gasteiger partial charge < -0.3 is 10.6 Å². The number of para-hydroxylation sites is 3. The van der Waals surface area contributed by atoms with E-state index in [0.29, 0.717) is 0 Å². The van der Waals surface area contributed by atoms with Crippen molar-refractivity contribution in [3.05, 3.63) is 119 Å². The molecule has 0 saturated carbocycles. The Labute approximate surface area is 211 Å². The second-order valence-corrected chi connectivity index (χ2v) is 10.3. The van der Waals surface area contributed by atoms with Crippen LogP contribution in [-0.4, -0.2) is 0 Å². The van der Waals surface area contributed by atoms with E-state index in [-0.39, 0.29) is 0 Å². The first-order chi connectivity index (χ1) is 16.1. The molecule has 0 aliphatic heterocycles. The van der Waals surface area contributed by atoms with Crippen LogP contribution in [0, 0.1) is 13.8 Å². The van der Waals surface area contributed by atoms with Gasteiger partial charge in [0.25, 0.3) is 0 Å². The van der Waals surface area contributed by atoms with Crippen LogP contribution in [-0.2, 0) is 17.0 Å². The maximum atomic E-state index is 5.16. The van der Waals surface area contributed by atoms with Gasteiger partial charge in [0.2, 0.25) is 0 Å². The van der Waals surface area contributed by atoms with E-state index in [0.717, 1.165) is 33.5 Å². The van der Waals surface area contributed by atoms with Crippen molar-refractivity contribution < 1.29 is 17.0 Å². The standard InChI is InChI=1S/C28H22N2.2ClH.Ti/c1-19-10-9-11-20(2)27(19)29-25-16-7-8-17-26(25)30-28-23-14-5-3-12-21(23)18-22-13-4-6-15-24(22)28;;;/h3-18H,1-2H3;2*1H;/q-2;;;+2/p-2. The number of benzene rings is 5. The van der Waals surface area contributed by atoms with Crippen LogP contribution in [0.3, 0.4) is 0 Å². The van der Waals surface area contributed by atoms with Gasteiger partial charge >= 0.3 is 35.6 Å². The Morgan fingerprint density at radius 1 is 0.545 bits per heavy atom. The molecule has 0 amide bonds. The van der Waals surface area contributed by atoms with Gasteiger partial charge in [-0.25, -0.2) is 0 Å². The van der Waals surface area contributed by atoms with Crippen LogP contribution in [0.5, 0.6) is 0 Å². The van der Waals surface area contributed by atoms with Crippen LogP contribution in [0.1, 0.15) is 11.1 Å². The topological polar surface area (TPSA) is 28.2 Å². The molecule has 0 atom stereocenters. The number of hydrogen-bond acceptors (Lipinski definition) is 0. The van der Waals surface area contributed by atoms with E-state index < -0.39 is 17.0 Å². The number of nitrogens with zero attached hydrogens (tertiary/aromatic N) is 2. The second kappa shape index (κ2) is 11.1. The Balaban J connectivity index is 0.000000821. The van der Waals surface area contributed by atoms with E-state index >= 15 is 0 Å². The molecule has 5 aromatic rings. The first-order valence-corrected chi connectivity index (χ1v) is 14.9. The summed E-state index contributed by atoms with van der Waals surface area (Å²) in [6, 6.07) is 33.5. The van der Waals surface area contributed by atoms with Crippen molar-refractivity contribution in [2.45, 2.75) is 13.8 Å². The first-order valence-electron chi connectivity index (χ1n) is 10.6. The molecule has 0 heterocycles. The van der Waals surface area contributed by atoms with Gasteiger partial charge in [-0.05, 0) is 41.5 Å². The van der Waals surface area contributed by atoms with Gasteiger partial charge in [-0.3, -0.25) is 0 Å². The third kappa shape index (κ3) is 5.37. The average Bonchev–Trinajstić information content (AvgIpc) is 2.83. The molecule has 0 fully saturated rings. The van der Waals surface area contributed by atoms with E-state index in [1.807, 2.05) is 24.3 Å². The molecule has 2 nitrogen and oxygen atoms in total. The molecule has 0 bridgehead atoms. The molecule has 33 heavy (non-hydrogen) atoms. The maximum absolute atomic E-state index is 5.16. The molecule has 0 aliphatic rings. The first kappa shape index (κ1) is 23.7. The van der Waals surface area contributed by atoms with Crippen molar-refractivity contribution in [3.8, 4) is 0 Å². The van der Waals surface area contributed by atoms with E-state index in [1.54, 1.807) is 0 Å². The Morgan fingerprint density at radius 2 is 0.970 bits per heavy atom. The predicted molar refractivity (Wildman–Crippen MR) is 141 cm³/mol. The fraction of sp³-hybridized carbons (Fsp3) is 0.0714. The van der Waals surface area contributed by atoms with Crippen molar-refractivity contribution in [1.29, 1.82) is 0 Å². The summed E-state index contributed by atoms with van der Waals surface area (Å²) in [7, 11) is 9.78. The summed E-state index contributed by atoms with van der Waals surface area (Å²) in [5.74, 6) is 0. The van der Waals surface area contributed by atoms with Crippen LogP contribution in [0.4, 0.5) is 22.7 Å². The SMILES string of the molecule is Cc1cccc(C)c1[N-]c1ccccc1[N-]c1c2ccccc2cc2ccccc12.[Cl][Ti][Cl]. The number of aryl methyl sites for hydroxylation is 2. The number of rotatable bonds is 4. The Bertz CT molecular complexity index is 1330. The molecule has 0 unspecified atom stereocenters. The van der Waals surface area contributed by atoms with Crippen LogP contribution >= 0.6 is 18.6 Å². The molecule has 0 radical (unpaired) electrons. The Morgan fingerprint density at radius 3 is 1.48 bits per heavy atom. The van der Waals surface area contributed by atoms with Gasteiger partial charge in [0.15, 0.2) is 0 Å². The van der Waals surface area contributed by atoms with E-state index in [4.69, 9.17) is 29.2 Å². The predicted octanol–water partition coefficient (Wildman–Crippen LogP) is 10.7. The van der Waals surface area contributed by atoms with Gasteiger partial charge in [-0.1, -0.05) is 102 Å². The van der Waals surface area contributed by atoms with Crippen molar-refractivity contribution in [2.24, 2.45) is 0 Å². The zero-order valence-electron chi connectivity index (χ0n) is 18.4. The zero-order chi connectivity index (χ0) is 23.2. The summed E-state index contributed by atoms with van der Waals surface area (Å²) < 4.78 is 0. The normalized spacial score (nSPS) is 10.4. The third-order valence-electron chi connectivity index (χ3n) is 5.53. The van der Waals surface area contributed by atoms with Crippen LogP contribution < -0.4 is 0 Å². The monoisotopic (exact) mass is 504 g/mol. The van der Waals surface area contributed by atoms with E-state index in [1.165, 1.54) is 21.9 Å². The molecule has 0 saturated heterocycles. The molecule has 5 heteroatoms. The average molecular weight is 505 g/mol. The third-order valence-corrected chi connectivity index (χ3v) is 5.53. The van der Waals surface area contributed by atoms with Crippen molar-refractivity contribution in [1.82, 2.24) is 0 Å². The van der Waals surface area contributed by atoms with Gasteiger partial charge in [0.1, 0.15) is 0 Å². The van der Waals surface area contributed by atoms with Crippen molar-refractivity contribution in [3.63, 3.8) is 0 Å². The van der Waals surface area contributed by atoms with Gasteiger partial charge in [0, 0.05) is 0 Å². The van der Waals surface area contributed by atoms with Crippen LogP contribution in [0.15, 0.2) is 97.1 Å². The summed E-state index contributed by atoms with van der Waals surface area (Å²) in [6.45, 7) is 4.20. The summed E-state index contributed by atoms with van der Waals surface area (Å²) >= 11 is -0.556. The molecule has 0 aromatic heterocycles. The minimum absolute atomic E-state index is 0.556. The molecular formula is C28H22Cl2N2Ti-2. The van der Waals surface area contributed by atoms with Crippen LogP contribution in [0.25, 0.3) is 32.2 Å². The summed E-state index contributed by atoms with van der Waals surface area (Å²) in [5.41, 5.74) is 6.10. The van der Waals surface area contributed by atoms with Crippen LogP contribution in [0.2, 0.25) is 0 Å². The van der Waals surface area contributed by atoms with Gasteiger partial charge in [-0.15, -0.1) is 11.4 Å². The fourth-order valence-corrected chi connectivity index (χ4v) is 3.99. The second-order valence-electron chi connectivity index (χ2n) is 7.69. The number of fused-ring (bicyclic) bond motifs is 2. The molecule has 5 rings (SSSR count). The molecular weight excluding hydrogens is 483 g/mol. The van der Waals surface area contributed by atoms with Gasteiger partial charge in [0.05, 0.1) is 0 Å². The zero-order valence-corrected chi connectivity index (χ0v) is 21.5. The molecule has 0 spiro atoms. The summed E-state index contributed by atoms with van der Waals surface area (Å²) in [6.07, 6.45) is 0. The number of hydrogen-bond donors (Lipinski definition) is 0. The summed E-state index contributed by atoms with van der Waals surface area (Å²) in [4.78, 5) is 0. The molecule has 5 aromatic carbocycles. The van der Waals surface area contributed by atoms with Gasteiger partial charge in [-0.2, -0.15) is 11.4 Å². The molecule has 164 valence electrons. The molecule has 0 aliphatic carbocycles. The van der Waals surface area contributed by atoms with E-state index in [9.17, 15) is 0 Å². The van der Waals surface area contributed by atoms with E-state index in [2.05, 4.69) is 86.6 Å². The summed E-state index contributed by atoms with van der Waals surface area (Å²) in [5, 5.41) is 14.9. The Hall–Kier alpha value is -2.49. The Kier molecular flexibility index (Phi) is 7.95. The minimum atomic E-state index is -0.556.